The Morgan fingerprint density at radius 1 is 1.12 bits per heavy atom. The van der Waals surface area contributed by atoms with Gasteiger partial charge in [0.05, 0.1) is 5.52 Å². The van der Waals surface area contributed by atoms with Crippen LogP contribution in [0.15, 0.2) is 40.8 Å². The van der Waals surface area contributed by atoms with Crippen LogP contribution in [-0.4, -0.2) is 28.5 Å². The van der Waals surface area contributed by atoms with E-state index in [1.807, 2.05) is 36.1 Å². The summed E-state index contributed by atoms with van der Waals surface area (Å²) in [7, 11) is 0. The number of aryl methyl sites for hydroxylation is 2. The molecule has 0 unspecified atom stereocenters. The van der Waals surface area contributed by atoms with E-state index < -0.39 is 0 Å². The van der Waals surface area contributed by atoms with E-state index >= 15 is 0 Å². The fraction of sp³-hybridized carbons (Fsp3) is 0.350. The molecule has 24 heavy (non-hydrogen) atoms. The first kappa shape index (κ1) is 15.1. The van der Waals surface area contributed by atoms with E-state index in [2.05, 4.69) is 23.6 Å². The predicted molar refractivity (Wildman–Crippen MR) is 94.4 cm³/mol. The van der Waals surface area contributed by atoms with Crippen LogP contribution in [0.4, 0.5) is 0 Å². The van der Waals surface area contributed by atoms with Crippen molar-refractivity contribution < 1.29 is 9.21 Å². The number of benzene rings is 1. The maximum Gasteiger partial charge on any atom is 0.270 e. The van der Waals surface area contributed by atoms with Crippen LogP contribution in [0.5, 0.6) is 0 Å². The minimum atomic E-state index is 0.116. The van der Waals surface area contributed by atoms with E-state index in [-0.39, 0.29) is 5.91 Å². The third kappa shape index (κ3) is 2.52. The maximum atomic E-state index is 13.0. The monoisotopic (exact) mass is 322 g/mol. The molecular weight excluding hydrogens is 300 g/mol. The SMILES string of the molecule is Cc1cc2c(cc(C(=O)N3CCCC3)n2Cc2ccccc2C)o1. The van der Waals surface area contributed by atoms with Crippen LogP contribution in [0.25, 0.3) is 11.1 Å². The summed E-state index contributed by atoms with van der Waals surface area (Å²) in [4.78, 5) is 14.9. The Labute approximate surface area is 141 Å². The molecular formula is C20H22N2O2. The van der Waals surface area contributed by atoms with Crippen LogP contribution in [0, 0.1) is 13.8 Å². The molecule has 1 aliphatic rings. The van der Waals surface area contributed by atoms with Crippen molar-refractivity contribution in [3.63, 3.8) is 0 Å². The van der Waals surface area contributed by atoms with Crippen LogP contribution < -0.4 is 0 Å². The Morgan fingerprint density at radius 2 is 1.88 bits per heavy atom. The number of nitrogens with zero attached hydrogens (tertiary/aromatic N) is 2. The summed E-state index contributed by atoms with van der Waals surface area (Å²) < 4.78 is 7.88. The van der Waals surface area contributed by atoms with Gasteiger partial charge in [0.1, 0.15) is 11.5 Å². The van der Waals surface area contributed by atoms with Crippen molar-refractivity contribution in [1.82, 2.24) is 9.47 Å². The van der Waals surface area contributed by atoms with Gasteiger partial charge in [0.2, 0.25) is 0 Å². The Kier molecular flexibility index (Phi) is 3.68. The Balaban J connectivity index is 1.80. The molecule has 0 saturated carbocycles. The normalized spacial score (nSPS) is 14.7. The number of fused-ring (bicyclic) bond motifs is 1. The Morgan fingerprint density at radius 3 is 2.62 bits per heavy atom. The number of aromatic nitrogens is 1. The summed E-state index contributed by atoms with van der Waals surface area (Å²) in [5.41, 5.74) is 4.99. The van der Waals surface area contributed by atoms with Gasteiger partial charge in [-0.2, -0.15) is 0 Å². The number of rotatable bonds is 3. The molecule has 4 rings (SSSR count). The van der Waals surface area contributed by atoms with Gasteiger partial charge in [-0.05, 0) is 37.8 Å². The number of carbonyl (C=O) groups excluding carboxylic acids is 1. The minimum absolute atomic E-state index is 0.116. The van der Waals surface area contributed by atoms with Crippen LogP contribution in [0.1, 0.15) is 40.2 Å². The Bertz CT molecular complexity index is 898. The number of hydrogen-bond donors (Lipinski definition) is 0. The molecule has 3 heterocycles. The van der Waals surface area contributed by atoms with Crippen molar-refractivity contribution in [3.05, 3.63) is 59.0 Å². The van der Waals surface area contributed by atoms with Crippen LogP contribution in [0.2, 0.25) is 0 Å². The van der Waals surface area contributed by atoms with E-state index in [1.54, 1.807) is 0 Å². The highest BCUT2D eigenvalue weighted by atomic mass is 16.3. The number of likely N-dealkylation sites (tertiary alicyclic amines) is 1. The number of amides is 1. The van der Waals surface area contributed by atoms with E-state index in [0.29, 0.717) is 6.54 Å². The van der Waals surface area contributed by atoms with Gasteiger partial charge >= 0.3 is 0 Å². The predicted octanol–water partition coefficient (Wildman–Crippen LogP) is 4.14. The largest absolute Gasteiger partial charge is 0.460 e. The van der Waals surface area contributed by atoms with Gasteiger partial charge in [-0.15, -0.1) is 0 Å². The molecule has 1 aliphatic heterocycles. The quantitative estimate of drug-likeness (QED) is 0.727. The van der Waals surface area contributed by atoms with Crippen LogP contribution in [0.3, 0.4) is 0 Å². The lowest BCUT2D eigenvalue weighted by molar-refractivity contribution is 0.0783. The zero-order valence-corrected chi connectivity index (χ0v) is 14.2. The molecule has 124 valence electrons. The average Bonchev–Trinajstić information content (AvgIpc) is 3.26. The summed E-state index contributed by atoms with van der Waals surface area (Å²) >= 11 is 0. The van der Waals surface area contributed by atoms with Crippen molar-refractivity contribution in [1.29, 1.82) is 0 Å². The molecule has 4 nitrogen and oxygen atoms in total. The molecule has 0 radical (unpaired) electrons. The molecule has 0 bridgehead atoms. The zero-order chi connectivity index (χ0) is 16.7. The highest BCUT2D eigenvalue weighted by Gasteiger charge is 2.25. The van der Waals surface area contributed by atoms with E-state index in [0.717, 1.165) is 48.5 Å². The zero-order valence-electron chi connectivity index (χ0n) is 14.2. The second-order valence-corrected chi connectivity index (χ2v) is 6.65. The van der Waals surface area contributed by atoms with E-state index in [4.69, 9.17) is 4.42 Å². The molecule has 1 saturated heterocycles. The lowest BCUT2D eigenvalue weighted by Crippen LogP contribution is -2.29. The van der Waals surface area contributed by atoms with Crippen molar-refractivity contribution >= 4 is 17.0 Å². The lowest BCUT2D eigenvalue weighted by Gasteiger charge is -2.17. The van der Waals surface area contributed by atoms with Gasteiger partial charge in [-0.3, -0.25) is 4.79 Å². The first-order valence-electron chi connectivity index (χ1n) is 8.57. The van der Waals surface area contributed by atoms with Crippen LogP contribution >= 0.6 is 0 Å². The molecule has 3 aromatic rings. The summed E-state index contributed by atoms with van der Waals surface area (Å²) in [6, 6.07) is 12.3. The standard InChI is InChI=1S/C20H22N2O2/c1-14-7-3-4-8-16(14)13-22-17-11-15(2)24-19(17)12-18(22)20(23)21-9-5-6-10-21/h3-4,7-8,11-12H,5-6,9-10,13H2,1-2H3. The number of hydrogen-bond acceptors (Lipinski definition) is 2. The molecule has 0 atom stereocenters. The maximum absolute atomic E-state index is 13.0. The summed E-state index contributed by atoms with van der Waals surface area (Å²) in [5, 5.41) is 0. The lowest BCUT2D eigenvalue weighted by atomic mass is 10.1. The third-order valence-corrected chi connectivity index (χ3v) is 4.91. The molecule has 0 aliphatic carbocycles. The molecule has 1 aromatic carbocycles. The Hall–Kier alpha value is -2.49. The van der Waals surface area contributed by atoms with Crippen LogP contribution in [-0.2, 0) is 6.54 Å². The molecule has 1 fully saturated rings. The second kappa shape index (κ2) is 5.86. The van der Waals surface area contributed by atoms with E-state index in [9.17, 15) is 4.79 Å². The van der Waals surface area contributed by atoms with Crippen molar-refractivity contribution in [3.8, 4) is 0 Å². The minimum Gasteiger partial charge on any atom is -0.460 e. The van der Waals surface area contributed by atoms with E-state index in [1.165, 1.54) is 11.1 Å². The van der Waals surface area contributed by atoms with Gasteiger partial charge in [0.15, 0.2) is 5.58 Å². The first-order chi connectivity index (χ1) is 11.6. The summed E-state index contributed by atoms with van der Waals surface area (Å²) in [5.74, 6) is 0.990. The van der Waals surface area contributed by atoms with Crippen molar-refractivity contribution in [2.45, 2.75) is 33.2 Å². The smallest absolute Gasteiger partial charge is 0.270 e. The van der Waals surface area contributed by atoms with Crippen molar-refractivity contribution in [2.24, 2.45) is 0 Å². The van der Waals surface area contributed by atoms with Gasteiger partial charge in [-0.25, -0.2) is 0 Å². The molecule has 1 amide bonds. The highest BCUT2D eigenvalue weighted by Crippen LogP contribution is 2.27. The molecule has 0 spiro atoms. The average molecular weight is 322 g/mol. The second-order valence-electron chi connectivity index (χ2n) is 6.65. The third-order valence-electron chi connectivity index (χ3n) is 4.91. The summed E-state index contributed by atoms with van der Waals surface area (Å²) in [6.45, 7) is 6.45. The van der Waals surface area contributed by atoms with Gasteiger partial charge in [0, 0.05) is 31.8 Å². The van der Waals surface area contributed by atoms with Gasteiger partial charge in [-0.1, -0.05) is 24.3 Å². The molecule has 4 heteroatoms. The molecule has 0 N–H and O–H groups in total. The van der Waals surface area contributed by atoms with Crippen molar-refractivity contribution in [2.75, 3.05) is 13.1 Å². The number of furan rings is 1. The van der Waals surface area contributed by atoms with Gasteiger partial charge < -0.3 is 13.9 Å². The highest BCUT2D eigenvalue weighted by molar-refractivity contribution is 5.97. The first-order valence-corrected chi connectivity index (χ1v) is 8.57. The molecule has 2 aromatic heterocycles. The number of carbonyl (C=O) groups is 1. The topological polar surface area (TPSA) is 38.4 Å². The fourth-order valence-corrected chi connectivity index (χ4v) is 3.55. The summed E-state index contributed by atoms with van der Waals surface area (Å²) in [6.07, 6.45) is 2.19. The van der Waals surface area contributed by atoms with Gasteiger partial charge in [0.25, 0.3) is 5.91 Å². The fourth-order valence-electron chi connectivity index (χ4n) is 3.55.